The number of thiazole rings is 1. The van der Waals surface area contributed by atoms with E-state index in [9.17, 15) is 4.79 Å². The fourth-order valence-electron chi connectivity index (χ4n) is 4.29. The third-order valence-electron chi connectivity index (χ3n) is 6.27. The number of aryl methyl sites for hydroxylation is 1. The second-order valence-electron chi connectivity index (χ2n) is 8.66. The van der Waals surface area contributed by atoms with Crippen molar-refractivity contribution in [1.29, 1.82) is 0 Å². The minimum atomic E-state index is -0.111. The number of hydrogen-bond donors (Lipinski definition) is 0. The Labute approximate surface area is 213 Å². The molecular formula is C29H27N5OS. The maximum Gasteiger partial charge on any atom is 0.280 e. The molecule has 5 rings (SSSR count). The second kappa shape index (κ2) is 9.79. The molecule has 0 aliphatic carbocycles. The first-order valence-corrected chi connectivity index (χ1v) is 12.6. The highest BCUT2D eigenvalue weighted by Gasteiger charge is 2.18. The summed E-state index contributed by atoms with van der Waals surface area (Å²) < 4.78 is 5.63. The van der Waals surface area contributed by atoms with Crippen molar-refractivity contribution in [3.05, 3.63) is 122 Å². The fourth-order valence-corrected chi connectivity index (χ4v) is 5.14. The number of nitrogens with zero attached hydrogens (tertiary/aromatic N) is 5. The Morgan fingerprint density at radius 3 is 2.14 bits per heavy atom. The van der Waals surface area contributed by atoms with Crippen LogP contribution < -0.4 is 10.4 Å². The van der Waals surface area contributed by atoms with E-state index in [4.69, 9.17) is 0 Å². The van der Waals surface area contributed by atoms with Gasteiger partial charge in [-0.1, -0.05) is 66.2 Å². The minimum absolute atomic E-state index is 0.111. The molecule has 180 valence electrons. The molecule has 0 fully saturated rings. The van der Waals surface area contributed by atoms with Gasteiger partial charge in [0.25, 0.3) is 5.56 Å². The topological polar surface area (TPSA) is 56.6 Å². The number of para-hydroxylation sites is 1. The molecule has 2 aromatic heterocycles. The molecule has 7 heteroatoms. The van der Waals surface area contributed by atoms with Crippen molar-refractivity contribution in [1.82, 2.24) is 13.9 Å². The number of hydrogen-bond acceptors (Lipinski definition) is 4. The van der Waals surface area contributed by atoms with E-state index in [2.05, 4.69) is 63.5 Å². The van der Waals surface area contributed by atoms with E-state index in [1.165, 1.54) is 16.9 Å². The van der Waals surface area contributed by atoms with Gasteiger partial charge in [0.1, 0.15) is 0 Å². The van der Waals surface area contributed by atoms with Crippen molar-refractivity contribution < 1.29 is 0 Å². The molecule has 0 radical (unpaired) electrons. The Morgan fingerprint density at radius 2 is 1.47 bits per heavy atom. The van der Waals surface area contributed by atoms with Gasteiger partial charge in [-0.3, -0.25) is 14.0 Å². The van der Waals surface area contributed by atoms with Gasteiger partial charge in [-0.15, -0.1) is 16.4 Å². The highest BCUT2D eigenvalue weighted by molar-refractivity contribution is 7.07. The van der Waals surface area contributed by atoms with Crippen molar-refractivity contribution in [3.8, 4) is 22.6 Å². The van der Waals surface area contributed by atoms with Gasteiger partial charge < -0.3 is 0 Å². The summed E-state index contributed by atoms with van der Waals surface area (Å²) in [5.74, 6) is 0. The lowest BCUT2D eigenvalue weighted by molar-refractivity contribution is 0.630. The van der Waals surface area contributed by atoms with Gasteiger partial charge in [0.05, 0.1) is 22.7 Å². The molecule has 0 bridgehead atoms. The van der Waals surface area contributed by atoms with Crippen LogP contribution >= 0.6 is 11.3 Å². The van der Waals surface area contributed by atoms with Crippen LogP contribution in [0.5, 0.6) is 0 Å². The zero-order valence-electron chi connectivity index (χ0n) is 20.7. The average molecular weight is 494 g/mol. The maximum atomic E-state index is 13.4. The quantitative estimate of drug-likeness (QED) is 0.231. The van der Waals surface area contributed by atoms with Gasteiger partial charge in [-0.05, 0) is 50.6 Å². The highest BCUT2D eigenvalue weighted by Crippen LogP contribution is 2.23. The summed E-state index contributed by atoms with van der Waals surface area (Å²) in [6.07, 6.45) is 0. The minimum Gasteiger partial charge on any atom is -0.285 e. The van der Waals surface area contributed by atoms with E-state index in [1.807, 2.05) is 74.1 Å². The van der Waals surface area contributed by atoms with Crippen molar-refractivity contribution in [2.75, 3.05) is 0 Å². The lowest BCUT2D eigenvalue weighted by Crippen LogP contribution is -2.22. The summed E-state index contributed by atoms with van der Waals surface area (Å²) in [4.78, 5) is 14.1. The van der Waals surface area contributed by atoms with Crippen molar-refractivity contribution in [2.24, 2.45) is 17.3 Å². The van der Waals surface area contributed by atoms with Crippen LogP contribution in [0.2, 0.25) is 0 Å². The molecule has 0 aliphatic heterocycles. The lowest BCUT2D eigenvalue weighted by Gasteiger charge is -2.09. The van der Waals surface area contributed by atoms with Gasteiger partial charge in [-0.25, -0.2) is 4.68 Å². The van der Waals surface area contributed by atoms with E-state index in [0.29, 0.717) is 11.3 Å². The Balaban J connectivity index is 1.65. The number of rotatable bonds is 5. The van der Waals surface area contributed by atoms with E-state index in [-0.39, 0.29) is 5.56 Å². The summed E-state index contributed by atoms with van der Waals surface area (Å²) in [7, 11) is 1.88. The van der Waals surface area contributed by atoms with Crippen molar-refractivity contribution >= 4 is 17.0 Å². The van der Waals surface area contributed by atoms with Crippen LogP contribution in [0.25, 0.3) is 22.6 Å². The Morgan fingerprint density at radius 1 is 0.833 bits per heavy atom. The average Bonchev–Trinajstić information content (AvgIpc) is 3.42. The fraction of sp³-hybridized carbons (Fsp3) is 0.138. The molecule has 0 amide bonds. The predicted molar refractivity (Wildman–Crippen MR) is 147 cm³/mol. The van der Waals surface area contributed by atoms with Crippen LogP contribution in [0.1, 0.15) is 23.7 Å². The van der Waals surface area contributed by atoms with Gasteiger partial charge >= 0.3 is 0 Å². The van der Waals surface area contributed by atoms with Crippen LogP contribution in [0.3, 0.4) is 0 Å². The van der Waals surface area contributed by atoms with Gasteiger partial charge in [-0.2, -0.15) is 5.10 Å². The summed E-state index contributed by atoms with van der Waals surface area (Å²) in [6, 6.07) is 28.2. The van der Waals surface area contributed by atoms with E-state index < -0.39 is 0 Å². The molecule has 36 heavy (non-hydrogen) atoms. The number of aromatic nitrogens is 3. The summed E-state index contributed by atoms with van der Waals surface area (Å²) in [5.41, 5.74) is 7.02. The van der Waals surface area contributed by atoms with E-state index >= 15 is 0 Å². The molecule has 0 spiro atoms. The second-order valence-corrected chi connectivity index (χ2v) is 9.50. The summed E-state index contributed by atoms with van der Waals surface area (Å²) in [6.45, 7) is 5.84. The monoisotopic (exact) mass is 493 g/mol. The predicted octanol–water partition coefficient (Wildman–Crippen LogP) is 5.64. The zero-order chi connectivity index (χ0) is 25.2. The molecule has 0 atom stereocenters. The Hall–Kier alpha value is -4.23. The molecule has 3 aromatic carbocycles. The first-order chi connectivity index (χ1) is 17.5. The largest absolute Gasteiger partial charge is 0.285 e. The van der Waals surface area contributed by atoms with Crippen LogP contribution in [0, 0.1) is 13.8 Å². The summed E-state index contributed by atoms with van der Waals surface area (Å²) >= 11 is 1.52. The molecule has 0 saturated heterocycles. The molecule has 0 N–H and O–H groups in total. The van der Waals surface area contributed by atoms with Crippen molar-refractivity contribution in [2.45, 2.75) is 20.8 Å². The smallest absolute Gasteiger partial charge is 0.280 e. The first kappa shape index (κ1) is 23.5. The normalized spacial score (nSPS) is 12.3. The number of benzene rings is 3. The maximum absolute atomic E-state index is 13.4. The highest BCUT2D eigenvalue weighted by atomic mass is 32.1. The molecule has 0 saturated carbocycles. The van der Waals surface area contributed by atoms with Crippen LogP contribution in [-0.2, 0) is 7.05 Å². The molecule has 5 aromatic rings. The third kappa shape index (κ3) is 4.29. The third-order valence-corrected chi connectivity index (χ3v) is 7.09. The van der Waals surface area contributed by atoms with Gasteiger partial charge in [0.15, 0.2) is 0 Å². The van der Waals surface area contributed by atoms with E-state index in [1.54, 1.807) is 4.68 Å². The van der Waals surface area contributed by atoms with E-state index in [0.717, 1.165) is 33.1 Å². The van der Waals surface area contributed by atoms with Crippen LogP contribution in [-0.4, -0.2) is 19.6 Å². The van der Waals surface area contributed by atoms with Gasteiger partial charge in [0.2, 0.25) is 4.80 Å². The molecule has 0 unspecified atom stereocenters. The molecule has 2 heterocycles. The van der Waals surface area contributed by atoms with Gasteiger partial charge in [0, 0.05) is 23.8 Å². The molecular weight excluding hydrogens is 466 g/mol. The molecule has 0 aliphatic rings. The molecule has 6 nitrogen and oxygen atoms in total. The van der Waals surface area contributed by atoms with Crippen molar-refractivity contribution in [3.63, 3.8) is 0 Å². The zero-order valence-corrected chi connectivity index (χ0v) is 21.5. The Kier molecular flexibility index (Phi) is 6.40. The lowest BCUT2D eigenvalue weighted by atomic mass is 10.1. The standard InChI is InChI=1S/C29H27N5OS/c1-20-15-17-24(18-16-20)33-26(23-11-7-5-8-12-23)19-36-29(33)31-30-21(2)27-22(3)32(4)34(28(27)35)25-13-9-6-10-14-25/h5-19H,1-4H3/b30-21+,31-29+. The van der Waals surface area contributed by atoms with Crippen LogP contribution in [0.4, 0.5) is 0 Å². The van der Waals surface area contributed by atoms with Crippen LogP contribution in [0.15, 0.2) is 105 Å². The SMILES string of the molecule is C/C(=N\N=c1\scc(-c2ccccc2)n1-c1ccc(C)cc1)c1c(C)n(C)n(-c2ccccc2)c1=O. The first-order valence-electron chi connectivity index (χ1n) is 11.7. The Bertz CT molecular complexity index is 1670. The summed E-state index contributed by atoms with van der Waals surface area (Å²) in [5, 5.41) is 11.3.